The van der Waals surface area contributed by atoms with Crippen molar-refractivity contribution in [2.75, 3.05) is 13.7 Å². The molecule has 0 amide bonds. The molecule has 0 heterocycles. The number of nitrogens with one attached hydrogen (secondary N) is 1. The Labute approximate surface area is 134 Å². The topological polar surface area (TPSA) is 47.6 Å². The molecular weight excluding hydrogens is 334 g/mol. The Bertz CT molecular complexity index is 512. The van der Waals surface area contributed by atoms with Gasteiger partial charge in [0.1, 0.15) is 12.4 Å². The summed E-state index contributed by atoms with van der Waals surface area (Å²) in [5, 5.41) is 3.48. The van der Waals surface area contributed by atoms with Gasteiger partial charge in [-0.2, -0.15) is 0 Å². The highest BCUT2D eigenvalue weighted by Crippen LogP contribution is 2.26. The van der Waals surface area contributed by atoms with Crippen molar-refractivity contribution >= 4 is 21.9 Å². The zero-order valence-corrected chi connectivity index (χ0v) is 14.3. The fourth-order valence-corrected chi connectivity index (χ4v) is 2.30. The number of methoxy groups -OCH3 is 1. The average Bonchev–Trinajstić information content (AvgIpc) is 3.28. The van der Waals surface area contributed by atoms with E-state index < -0.39 is 5.41 Å². The van der Waals surface area contributed by atoms with Gasteiger partial charge in [0.15, 0.2) is 0 Å². The van der Waals surface area contributed by atoms with E-state index in [1.807, 2.05) is 32.0 Å². The molecule has 0 unspecified atom stereocenters. The first-order valence-electron chi connectivity index (χ1n) is 7.15. The van der Waals surface area contributed by atoms with Crippen LogP contribution >= 0.6 is 15.9 Å². The molecule has 21 heavy (non-hydrogen) atoms. The van der Waals surface area contributed by atoms with Gasteiger partial charge in [0, 0.05) is 17.1 Å². The standard InChI is InChI=1S/C16H22BrNO3/c1-16(2,15(19)20-3)10-21-13-6-7-14(17)11(8-13)9-18-12-4-5-12/h6-8,12,18H,4-5,9-10H2,1-3H3. The molecule has 0 radical (unpaired) electrons. The maximum absolute atomic E-state index is 11.6. The van der Waals surface area contributed by atoms with Crippen molar-refractivity contribution < 1.29 is 14.3 Å². The SMILES string of the molecule is COC(=O)C(C)(C)COc1ccc(Br)c(CNC2CC2)c1. The summed E-state index contributed by atoms with van der Waals surface area (Å²) in [7, 11) is 1.39. The highest BCUT2D eigenvalue weighted by atomic mass is 79.9. The van der Waals surface area contributed by atoms with Crippen molar-refractivity contribution in [1.29, 1.82) is 0 Å². The van der Waals surface area contributed by atoms with Crippen molar-refractivity contribution in [3.05, 3.63) is 28.2 Å². The number of hydrogen-bond acceptors (Lipinski definition) is 4. The van der Waals surface area contributed by atoms with Crippen molar-refractivity contribution in [3.8, 4) is 5.75 Å². The molecule has 0 aromatic heterocycles. The van der Waals surface area contributed by atoms with E-state index in [9.17, 15) is 4.79 Å². The quantitative estimate of drug-likeness (QED) is 0.762. The van der Waals surface area contributed by atoms with Crippen LogP contribution < -0.4 is 10.1 Å². The van der Waals surface area contributed by atoms with Crippen LogP contribution in [0.25, 0.3) is 0 Å². The fraction of sp³-hybridized carbons (Fsp3) is 0.562. The maximum Gasteiger partial charge on any atom is 0.314 e. The highest BCUT2D eigenvalue weighted by Gasteiger charge is 2.29. The molecular formula is C16H22BrNO3. The van der Waals surface area contributed by atoms with Crippen LogP contribution in [-0.4, -0.2) is 25.7 Å². The number of ether oxygens (including phenoxy) is 2. The van der Waals surface area contributed by atoms with Crippen molar-refractivity contribution in [1.82, 2.24) is 5.32 Å². The van der Waals surface area contributed by atoms with Gasteiger partial charge in [0.05, 0.1) is 12.5 Å². The maximum atomic E-state index is 11.6. The second kappa shape index (κ2) is 6.79. The predicted octanol–water partition coefficient (Wildman–Crippen LogP) is 3.28. The predicted molar refractivity (Wildman–Crippen MR) is 85.3 cm³/mol. The molecule has 1 saturated carbocycles. The lowest BCUT2D eigenvalue weighted by atomic mass is 9.95. The van der Waals surface area contributed by atoms with Crippen molar-refractivity contribution in [2.24, 2.45) is 5.41 Å². The first-order chi connectivity index (χ1) is 9.92. The summed E-state index contributed by atoms with van der Waals surface area (Å²) in [6.45, 7) is 4.74. The summed E-state index contributed by atoms with van der Waals surface area (Å²) in [5.41, 5.74) is 0.504. The van der Waals surface area contributed by atoms with Gasteiger partial charge in [-0.05, 0) is 50.5 Å². The molecule has 1 aromatic rings. The van der Waals surface area contributed by atoms with Crippen LogP contribution in [0, 0.1) is 5.41 Å². The smallest absolute Gasteiger partial charge is 0.314 e. The van der Waals surface area contributed by atoms with E-state index in [4.69, 9.17) is 9.47 Å². The summed E-state index contributed by atoms with van der Waals surface area (Å²) in [6, 6.07) is 6.55. The Kier molecular flexibility index (Phi) is 5.27. The van der Waals surface area contributed by atoms with E-state index in [1.54, 1.807) is 0 Å². The van der Waals surface area contributed by atoms with E-state index in [0.717, 1.165) is 22.3 Å². The van der Waals surface area contributed by atoms with E-state index in [0.29, 0.717) is 6.04 Å². The van der Waals surface area contributed by atoms with E-state index >= 15 is 0 Å². The summed E-state index contributed by atoms with van der Waals surface area (Å²) >= 11 is 3.56. The summed E-state index contributed by atoms with van der Waals surface area (Å²) in [5.74, 6) is 0.498. The number of hydrogen-bond donors (Lipinski definition) is 1. The number of carbonyl (C=O) groups excluding carboxylic acids is 1. The normalized spacial score (nSPS) is 14.9. The van der Waals surface area contributed by atoms with Gasteiger partial charge in [-0.25, -0.2) is 0 Å². The van der Waals surface area contributed by atoms with Gasteiger partial charge in [-0.3, -0.25) is 4.79 Å². The Morgan fingerprint density at radius 1 is 1.43 bits per heavy atom. The number of benzene rings is 1. The van der Waals surface area contributed by atoms with Gasteiger partial charge in [0.25, 0.3) is 0 Å². The van der Waals surface area contributed by atoms with Crippen LogP contribution in [0.1, 0.15) is 32.3 Å². The Hall–Kier alpha value is -1.07. The lowest BCUT2D eigenvalue weighted by Gasteiger charge is -2.22. The van der Waals surface area contributed by atoms with E-state index in [1.165, 1.54) is 20.0 Å². The summed E-state index contributed by atoms with van der Waals surface area (Å²) in [6.07, 6.45) is 2.53. The van der Waals surface area contributed by atoms with Crippen LogP contribution in [0.15, 0.2) is 22.7 Å². The third-order valence-electron chi connectivity index (χ3n) is 3.51. The molecule has 0 saturated heterocycles. The molecule has 0 bridgehead atoms. The molecule has 0 atom stereocenters. The zero-order chi connectivity index (χ0) is 15.5. The Balaban J connectivity index is 1.96. The minimum absolute atomic E-state index is 0.268. The third kappa shape index (κ3) is 4.71. The summed E-state index contributed by atoms with van der Waals surface area (Å²) < 4.78 is 11.6. The van der Waals surface area contributed by atoms with E-state index in [2.05, 4.69) is 21.2 Å². The van der Waals surface area contributed by atoms with Crippen LogP contribution in [0.5, 0.6) is 5.75 Å². The Morgan fingerprint density at radius 3 is 2.76 bits per heavy atom. The van der Waals surface area contributed by atoms with Gasteiger partial charge < -0.3 is 14.8 Å². The first-order valence-corrected chi connectivity index (χ1v) is 7.95. The summed E-state index contributed by atoms with van der Waals surface area (Å²) in [4.78, 5) is 11.6. The number of carbonyl (C=O) groups is 1. The van der Waals surface area contributed by atoms with Gasteiger partial charge in [0.2, 0.25) is 0 Å². The molecule has 1 N–H and O–H groups in total. The lowest BCUT2D eigenvalue weighted by Crippen LogP contribution is -2.32. The average molecular weight is 356 g/mol. The molecule has 0 spiro atoms. The molecule has 1 aliphatic carbocycles. The second-order valence-electron chi connectivity index (χ2n) is 6.07. The second-order valence-corrected chi connectivity index (χ2v) is 6.93. The molecule has 5 heteroatoms. The minimum atomic E-state index is -0.658. The van der Waals surface area contributed by atoms with Crippen molar-refractivity contribution in [2.45, 2.75) is 39.3 Å². The molecule has 116 valence electrons. The molecule has 4 nitrogen and oxygen atoms in total. The Morgan fingerprint density at radius 2 is 2.14 bits per heavy atom. The van der Waals surface area contributed by atoms with Crippen LogP contribution in [0.4, 0.5) is 0 Å². The minimum Gasteiger partial charge on any atom is -0.492 e. The van der Waals surface area contributed by atoms with Crippen LogP contribution in [0.3, 0.4) is 0 Å². The third-order valence-corrected chi connectivity index (χ3v) is 4.29. The molecule has 1 aromatic carbocycles. The molecule has 0 aliphatic heterocycles. The number of rotatable bonds is 7. The number of esters is 1. The molecule has 1 fully saturated rings. The van der Waals surface area contributed by atoms with E-state index in [-0.39, 0.29) is 12.6 Å². The monoisotopic (exact) mass is 355 g/mol. The zero-order valence-electron chi connectivity index (χ0n) is 12.7. The highest BCUT2D eigenvalue weighted by molar-refractivity contribution is 9.10. The van der Waals surface area contributed by atoms with Crippen LogP contribution in [-0.2, 0) is 16.1 Å². The fourth-order valence-electron chi connectivity index (χ4n) is 1.92. The lowest BCUT2D eigenvalue weighted by molar-refractivity contribution is -0.152. The number of halogens is 1. The molecule has 1 aliphatic rings. The van der Waals surface area contributed by atoms with Crippen LogP contribution in [0.2, 0.25) is 0 Å². The largest absolute Gasteiger partial charge is 0.492 e. The molecule has 2 rings (SSSR count). The van der Waals surface area contributed by atoms with Gasteiger partial charge >= 0.3 is 5.97 Å². The van der Waals surface area contributed by atoms with Gasteiger partial charge in [-0.15, -0.1) is 0 Å². The first kappa shape index (κ1) is 16.3. The van der Waals surface area contributed by atoms with Crippen molar-refractivity contribution in [3.63, 3.8) is 0 Å². The van der Waals surface area contributed by atoms with Gasteiger partial charge in [-0.1, -0.05) is 15.9 Å².